The fraction of sp³-hybridized carbons (Fsp3) is 1.00. The van der Waals surface area contributed by atoms with Gasteiger partial charge < -0.3 is 10.2 Å². The fourth-order valence-corrected chi connectivity index (χ4v) is 3.83. The number of piperidine rings is 1. The highest BCUT2D eigenvalue weighted by Gasteiger charge is 2.47. The third kappa shape index (κ3) is 1.59. The maximum Gasteiger partial charge on any atom is 0.0184 e. The Morgan fingerprint density at radius 2 is 2.14 bits per heavy atom. The van der Waals surface area contributed by atoms with Crippen LogP contribution < -0.4 is 5.32 Å². The molecule has 1 N–H and O–H groups in total. The van der Waals surface area contributed by atoms with Crippen molar-refractivity contribution in [3.8, 4) is 0 Å². The third-order valence-corrected chi connectivity index (χ3v) is 4.20. The lowest BCUT2D eigenvalue weighted by molar-refractivity contribution is 0.0990. The van der Waals surface area contributed by atoms with Gasteiger partial charge in [-0.1, -0.05) is 13.8 Å². The smallest absolute Gasteiger partial charge is 0.0184 e. The first kappa shape index (κ1) is 10.4. The molecule has 0 bridgehead atoms. The SMILES string of the molecule is CC(C)C1N(C)CCC12CCCNC2. The van der Waals surface area contributed by atoms with Gasteiger partial charge in [-0.3, -0.25) is 0 Å². The summed E-state index contributed by atoms with van der Waals surface area (Å²) in [7, 11) is 2.30. The molecule has 0 aromatic carbocycles. The Morgan fingerprint density at radius 3 is 2.71 bits per heavy atom. The van der Waals surface area contributed by atoms with E-state index in [0.29, 0.717) is 5.41 Å². The van der Waals surface area contributed by atoms with Gasteiger partial charge in [0.05, 0.1) is 0 Å². The van der Waals surface area contributed by atoms with Gasteiger partial charge in [0.25, 0.3) is 0 Å². The van der Waals surface area contributed by atoms with Gasteiger partial charge in [-0.15, -0.1) is 0 Å². The summed E-state index contributed by atoms with van der Waals surface area (Å²) in [6, 6.07) is 0.801. The summed E-state index contributed by atoms with van der Waals surface area (Å²) in [6.45, 7) is 8.53. The maximum absolute atomic E-state index is 3.60. The molecule has 82 valence electrons. The number of nitrogens with zero attached hydrogens (tertiary/aromatic N) is 1. The van der Waals surface area contributed by atoms with Crippen molar-refractivity contribution >= 4 is 0 Å². The van der Waals surface area contributed by atoms with Gasteiger partial charge in [0.1, 0.15) is 0 Å². The van der Waals surface area contributed by atoms with E-state index in [4.69, 9.17) is 0 Å². The predicted octanol–water partition coefficient (Wildman–Crippen LogP) is 1.72. The largest absolute Gasteiger partial charge is 0.316 e. The molecule has 2 nitrogen and oxygen atoms in total. The Balaban J connectivity index is 2.15. The lowest BCUT2D eigenvalue weighted by Crippen LogP contribution is -2.50. The number of rotatable bonds is 1. The molecular formula is C12H24N2. The molecule has 0 aromatic heterocycles. The number of hydrogen-bond donors (Lipinski definition) is 1. The molecular weight excluding hydrogens is 172 g/mol. The molecule has 2 unspecified atom stereocenters. The second kappa shape index (κ2) is 3.82. The lowest BCUT2D eigenvalue weighted by Gasteiger charge is -2.42. The molecule has 2 atom stereocenters. The summed E-state index contributed by atoms with van der Waals surface area (Å²) in [4.78, 5) is 2.58. The van der Waals surface area contributed by atoms with E-state index in [2.05, 4.69) is 31.1 Å². The maximum atomic E-state index is 3.60. The molecule has 14 heavy (non-hydrogen) atoms. The molecule has 0 amide bonds. The minimum absolute atomic E-state index is 0.598. The molecule has 1 spiro atoms. The van der Waals surface area contributed by atoms with E-state index in [1.165, 1.54) is 38.9 Å². The highest BCUT2D eigenvalue weighted by atomic mass is 15.2. The highest BCUT2D eigenvalue weighted by Crippen LogP contribution is 2.44. The summed E-state index contributed by atoms with van der Waals surface area (Å²) in [6.07, 6.45) is 4.21. The molecule has 0 aromatic rings. The van der Waals surface area contributed by atoms with Crippen LogP contribution in [0.1, 0.15) is 33.1 Å². The summed E-state index contributed by atoms with van der Waals surface area (Å²) in [5.41, 5.74) is 0.598. The molecule has 0 radical (unpaired) electrons. The minimum atomic E-state index is 0.598. The summed E-state index contributed by atoms with van der Waals surface area (Å²) < 4.78 is 0. The number of hydrogen-bond acceptors (Lipinski definition) is 2. The van der Waals surface area contributed by atoms with E-state index in [9.17, 15) is 0 Å². The van der Waals surface area contributed by atoms with Crippen molar-refractivity contribution < 1.29 is 0 Å². The van der Waals surface area contributed by atoms with Crippen molar-refractivity contribution in [3.05, 3.63) is 0 Å². The predicted molar refractivity (Wildman–Crippen MR) is 60.4 cm³/mol. The van der Waals surface area contributed by atoms with Gasteiger partial charge in [-0.2, -0.15) is 0 Å². The summed E-state index contributed by atoms with van der Waals surface area (Å²) in [5.74, 6) is 0.794. The van der Waals surface area contributed by atoms with Crippen LogP contribution in [0.3, 0.4) is 0 Å². The zero-order chi connectivity index (χ0) is 10.2. The van der Waals surface area contributed by atoms with E-state index < -0.39 is 0 Å². The Hall–Kier alpha value is -0.0800. The molecule has 0 saturated carbocycles. The van der Waals surface area contributed by atoms with Gasteiger partial charge in [0.15, 0.2) is 0 Å². The van der Waals surface area contributed by atoms with Gasteiger partial charge in [0.2, 0.25) is 0 Å². The zero-order valence-electron chi connectivity index (χ0n) is 9.84. The van der Waals surface area contributed by atoms with Gasteiger partial charge >= 0.3 is 0 Å². The zero-order valence-corrected chi connectivity index (χ0v) is 9.84. The Labute approximate surface area is 88.1 Å². The van der Waals surface area contributed by atoms with Crippen molar-refractivity contribution in [3.63, 3.8) is 0 Å². The van der Waals surface area contributed by atoms with Gasteiger partial charge in [0, 0.05) is 12.6 Å². The first-order valence-corrected chi connectivity index (χ1v) is 6.07. The second-order valence-corrected chi connectivity index (χ2v) is 5.56. The second-order valence-electron chi connectivity index (χ2n) is 5.56. The van der Waals surface area contributed by atoms with Crippen LogP contribution in [0, 0.1) is 11.3 Å². The van der Waals surface area contributed by atoms with E-state index in [1.54, 1.807) is 0 Å². The van der Waals surface area contributed by atoms with E-state index in [1.807, 2.05) is 0 Å². The van der Waals surface area contributed by atoms with Gasteiger partial charge in [-0.05, 0) is 50.7 Å². The van der Waals surface area contributed by atoms with Crippen molar-refractivity contribution in [2.75, 3.05) is 26.7 Å². The molecule has 2 aliphatic rings. The highest BCUT2D eigenvalue weighted by molar-refractivity contribution is 5.01. The van der Waals surface area contributed by atoms with Crippen LogP contribution >= 0.6 is 0 Å². The monoisotopic (exact) mass is 196 g/mol. The molecule has 2 rings (SSSR count). The lowest BCUT2D eigenvalue weighted by atomic mass is 9.71. The van der Waals surface area contributed by atoms with E-state index >= 15 is 0 Å². The van der Waals surface area contributed by atoms with Crippen LogP contribution in [0.2, 0.25) is 0 Å². The first-order valence-electron chi connectivity index (χ1n) is 6.07. The van der Waals surface area contributed by atoms with E-state index in [-0.39, 0.29) is 0 Å². The Kier molecular flexibility index (Phi) is 2.85. The van der Waals surface area contributed by atoms with Gasteiger partial charge in [-0.25, -0.2) is 0 Å². The van der Waals surface area contributed by atoms with Crippen molar-refractivity contribution in [1.29, 1.82) is 0 Å². The van der Waals surface area contributed by atoms with Crippen LogP contribution in [-0.2, 0) is 0 Å². The van der Waals surface area contributed by atoms with Crippen molar-refractivity contribution in [2.24, 2.45) is 11.3 Å². The topological polar surface area (TPSA) is 15.3 Å². The first-order chi connectivity index (χ1) is 6.66. The molecule has 2 fully saturated rings. The number of likely N-dealkylation sites (tertiary alicyclic amines) is 1. The van der Waals surface area contributed by atoms with E-state index in [0.717, 1.165) is 12.0 Å². The average Bonchev–Trinajstić information content (AvgIpc) is 2.45. The molecule has 2 heterocycles. The van der Waals surface area contributed by atoms with Crippen LogP contribution in [0.5, 0.6) is 0 Å². The minimum Gasteiger partial charge on any atom is -0.316 e. The fourth-order valence-electron chi connectivity index (χ4n) is 3.83. The van der Waals surface area contributed by atoms with Crippen molar-refractivity contribution in [1.82, 2.24) is 10.2 Å². The third-order valence-electron chi connectivity index (χ3n) is 4.20. The average molecular weight is 196 g/mol. The molecule has 0 aliphatic carbocycles. The molecule has 2 saturated heterocycles. The molecule has 2 aliphatic heterocycles. The normalized spacial score (nSPS) is 39.9. The van der Waals surface area contributed by atoms with Crippen LogP contribution in [0.4, 0.5) is 0 Å². The summed E-state index contributed by atoms with van der Waals surface area (Å²) in [5, 5.41) is 3.60. The van der Waals surface area contributed by atoms with Crippen molar-refractivity contribution in [2.45, 2.75) is 39.2 Å². The van der Waals surface area contributed by atoms with Crippen LogP contribution in [-0.4, -0.2) is 37.6 Å². The van der Waals surface area contributed by atoms with Crippen LogP contribution in [0.15, 0.2) is 0 Å². The Bertz CT molecular complexity index is 189. The number of nitrogens with one attached hydrogen (secondary N) is 1. The Morgan fingerprint density at radius 1 is 1.36 bits per heavy atom. The summed E-state index contributed by atoms with van der Waals surface area (Å²) >= 11 is 0. The quantitative estimate of drug-likeness (QED) is 0.687. The molecule has 2 heteroatoms. The van der Waals surface area contributed by atoms with Crippen LogP contribution in [0.25, 0.3) is 0 Å². The standard InChI is InChI=1S/C12H24N2/c1-10(2)11-12(6-8-14(11)3)5-4-7-13-9-12/h10-11,13H,4-9H2,1-3H3.